The van der Waals surface area contributed by atoms with E-state index in [0.29, 0.717) is 22.9 Å². The third kappa shape index (κ3) is 4.25. The van der Waals surface area contributed by atoms with Crippen LogP contribution in [-0.4, -0.2) is 45.3 Å². The van der Waals surface area contributed by atoms with Crippen LogP contribution < -0.4 is 0 Å². The molecule has 0 aliphatic rings. The molecule has 0 saturated carbocycles. The lowest BCUT2D eigenvalue weighted by Gasteiger charge is -2.13. The first kappa shape index (κ1) is 20.6. The van der Waals surface area contributed by atoms with Crippen molar-refractivity contribution in [1.82, 2.24) is 14.5 Å². The van der Waals surface area contributed by atoms with Gasteiger partial charge in [0.25, 0.3) is 11.1 Å². The summed E-state index contributed by atoms with van der Waals surface area (Å²) >= 11 is 4.59. The summed E-state index contributed by atoms with van der Waals surface area (Å²) in [5, 5.41) is 19.6. The van der Waals surface area contributed by atoms with E-state index in [0.717, 1.165) is 27.3 Å². The van der Waals surface area contributed by atoms with E-state index in [4.69, 9.17) is 4.42 Å². The highest BCUT2D eigenvalue weighted by molar-refractivity contribution is 9.10. The Kier molecular flexibility index (Phi) is 5.89. The van der Waals surface area contributed by atoms with Gasteiger partial charge in [0, 0.05) is 9.86 Å². The number of aromatic hydroxyl groups is 1. The van der Waals surface area contributed by atoms with Crippen molar-refractivity contribution in [2.45, 2.75) is 11.9 Å². The number of oxazole rings is 1. The van der Waals surface area contributed by atoms with E-state index in [1.165, 1.54) is 0 Å². The molecule has 2 aromatic heterocycles. The second kappa shape index (κ2) is 8.58. The molecule has 0 atom stereocenters. The van der Waals surface area contributed by atoms with E-state index in [2.05, 4.69) is 31.1 Å². The molecule has 0 aliphatic carbocycles. The Labute approximate surface area is 184 Å². The Bertz CT molecular complexity index is 1230. The minimum atomic E-state index is -0.454. The van der Waals surface area contributed by atoms with Gasteiger partial charge >= 0.3 is 0 Å². The van der Waals surface area contributed by atoms with Crippen LogP contribution in [0.1, 0.15) is 0 Å². The van der Waals surface area contributed by atoms with E-state index in [9.17, 15) is 9.90 Å². The highest BCUT2D eigenvalue weighted by Crippen LogP contribution is 2.40. The summed E-state index contributed by atoms with van der Waals surface area (Å²) in [6.07, 6.45) is 0. The molecule has 1 N–H and O–H groups in total. The molecule has 1 amide bonds. The number of fused-ring (bicyclic) bond motifs is 2. The topological polar surface area (TPSA) is 96.2 Å². The second-order valence-corrected chi connectivity index (χ2v) is 8.65. The van der Waals surface area contributed by atoms with Crippen molar-refractivity contribution in [1.29, 1.82) is 0 Å². The number of hydrogen-bond acceptors (Lipinski definition) is 7. The van der Waals surface area contributed by atoms with E-state index in [1.807, 2.05) is 61.5 Å². The molecule has 4 aromatic rings. The Hall–Kier alpha value is -2.69. The maximum absolute atomic E-state index is 12.2. The average molecular weight is 488 g/mol. The van der Waals surface area contributed by atoms with Crippen molar-refractivity contribution in [3.63, 3.8) is 0 Å². The molecule has 0 spiro atoms. The minimum absolute atomic E-state index is 0.0249. The van der Waals surface area contributed by atoms with Crippen LogP contribution in [0.15, 0.2) is 66.8 Å². The largest absolute Gasteiger partial charge is 0.493 e. The number of nitrogens with zero attached hydrogens (tertiary/aromatic N) is 5. The minimum Gasteiger partial charge on any atom is -0.493 e. The quantitative estimate of drug-likeness (QED) is 0.297. The fourth-order valence-electron chi connectivity index (χ4n) is 2.99. The molecule has 2 heterocycles. The van der Waals surface area contributed by atoms with Crippen LogP contribution in [-0.2, 0) is 11.5 Å². The van der Waals surface area contributed by atoms with Crippen molar-refractivity contribution in [2.75, 3.05) is 19.8 Å². The number of benzene rings is 2. The highest BCUT2D eigenvalue weighted by Gasteiger charge is 2.18. The van der Waals surface area contributed by atoms with Crippen molar-refractivity contribution in [3.8, 4) is 5.88 Å². The number of carbonyl (C=O) groups is 1. The first-order chi connectivity index (χ1) is 14.4. The summed E-state index contributed by atoms with van der Waals surface area (Å²) in [5.74, 6) is -0.470. The van der Waals surface area contributed by atoms with Crippen LogP contribution in [0.4, 0.5) is 5.69 Å². The molecule has 0 fully saturated rings. The number of para-hydroxylation sites is 2. The van der Waals surface area contributed by atoms with Gasteiger partial charge in [-0.15, -0.1) is 10.2 Å². The molecular formula is C20H18BrN5O3S. The normalized spacial score (nSPS) is 12.0. The van der Waals surface area contributed by atoms with Gasteiger partial charge in [0.05, 0.1) is 17.9 Å². The van der Waals surface area contributed by atoms with Gasteiger partial charge in [0.2, 0.25) is 5.88 Å². The zero-order valence-corrected chi connectivity index (χ0v) is 18.6. The van der Waals surface area contributed by atoms with Gasteiger partial charge in [-0.25, -0.2) is 4.98 Å². The number of azo groups is 1. The molecule has 4 rings (SSSR count). The third-order valence-corrected chi connectivity index (χ3v) is 5.56. The number of rotatable bonds is 6. The van der Waals surface area contributed by atoms with Gasteiger partial charge in [-0.2, -0.15) is 0 Å². The van der Waals surface area contributed by atoms with Crippen LogP contribution in [0.3, 0.4) is 0 Å². The Morgan fingerprint density at radius 1 is 1.30 bits per heavy atom. The maximum atomic E-state index is 12.2. The van der Waals surface area contributed by atoms with Crippen molar-refractivity contribution >= 4 is 61.3 Å². The Morgan fingerprint density at radius 2 is 2.10 bits per heavy atom. The summed E-state index contributed by atoms with van der Waals surface area (Å²) in [6.45, 7) is 0.459. The van der Waals surface area contributed by atoms with Crippen molar-refractivity contribution in [3.05, 3.63) is 46.9 Å². The molecule has 2 aromatic carbocycles. The standard InChI is InChI=1S/C20H18BrN5O3S/c1-25(2)11-26-15-8-7-12(21)9-13(15)18(19(26)28)24-23-17(27)10-30-20-22-14-5-3-4-6-16(14)29-20/h3-9,28H,10-11H2,1-2H3. The lowest BCUT2D eigenvalue weighted by atomic mass is 10.2. The number of thioether (sulfide) groups is 1. The predicted octanol–water partition coefficient (Wildman–Crippen LogP) is 5.17. The smallest absolute Gasteiger partial charge is 0.275 e. The molecule has 0 saturated heterocycles. The van der Waals surface area contributed by atoms with Crippen molar-refractivity contribution < 1.29 is 14.3 Å². The predicted molar refractivity (Wildman–Crippen MR) is 119 cm³/mol. The van der Waals surface area contributed by atoms with Crippen LogP contribution in [0.2, 0.25) is 0 Å². The molecule has 30 heavy (non-hydrogen) atoms. The van der Waals surface area contributed by atoms with Crippen LogP contribution >= 0.6 is 27.7 Å². The number of amides is 1. The fraction of sp³-hybridized carbons (Fsp3) is 0.200. The number of hydrogen-bond donors (Lipinski definition) is 1. The van der Waals surface area contributed by atoms with Gasteiger partial charge in [0.15, 0.2) is 11.3 Å². The first-order valence-corrected chi connectivity index (χ1v) is 10.8. The van der Waals surface area contributed by atoms with E-state index < -0.39 is 5.91 Å². The van der Waals surface area contributed by atoms with Crippen LogP contribution in [0.25, 0.3) is 22.0 Å². The summed E-state index contributed by atoms with van der Waals surface area (Å²) in [7, 11) is 3.80. The zero-order chi connectivity index (χ0) is 21.3. The Balaban J connectivity index is 1.54. The van der Waals surface area contributed by atoms with Gasteiger partial charge in [-0.05, 0) is 44.4 Å². The van der Waals surface area contributed by atoms with Crippen LogP contribution in [0, 0.1) is 0 Å². The van der Waals surface area contributed by atoms with E-state index in [-0.39, 0.29) is 17.3 Å². The molecule has 8 nitrogen and oxygen atoms in total. The number of aromatic nitrogens is 2. The fourth-order valence-corrected chi connectivity index (χ4v) is 3.97. The summed E-state index contributed by atoms with van der Waals surface area (Å²) in [6, 6.07) is 13.0. The lowest BCUT2D eigenvalue weighted by Crippen LogP contribution is -2.16. The molecule has 0 aliphatic heterocycles. The summed E-state index contributed by atoms with van der Waals surface area (Å²) < 4.78 is 8.14. The number of carbonyl (C=O) groups excluding carboxylic acids is 1. The average Bonchev–Trinajstić information content (AvgIpc) is 3.23. The van der Waals surface area contributed by atoms with Gasteiger partial charge in [-0.1, -0.05) is 39.8 Å². The van der Waals surface area contributed by atoms with Gasteiger partial charge in [0.1, 0.15) is 5.52 Å². The number of halogens is 1. The Morgan fingerprint density at radius 3 is 2.87 bits per heavy atom. The second-order valence-electron chi connectivity index (χ2n) is 6.81. The molecule has 10 heteroatoms. The van der Waals surface area contributed by atoms with Gasteiger partial charge < -0.3 is 9.52 Å². The molecular weight excluding hydrogens is 470 g/mol. The van der Waals surface area contributed by atoms with Gasteiger partial charge in [-0.3, -0.25) is 14.3 Å². The molecule has 0 unspecified atom stereocenters. The molecule has 154 valence electrons. The summed E-state index contributed by atoms with van der Waals surface area (Å²) in [4.78, 5) is 18.5. The summed E-state index contributed by atoms with van der Waals surface area (Å²) in [5.41, 5.74) is 2.46. The first-order valence-electron chi connectivity index (χ1n) is 9.01. The lowest BCUT2D eigenvalue weighted by molar-refractivity contribution is -0.115. The zero-order valence-electron chi connectivity index (χ0n) is 16.2. The van der Waals surface area contributed by atoms with E-state index >= 15 is 0 Å². The van der Waals surface area contributed by atoms with Crippen LogP contribution in [0.5, 0.6) is 5.88 Å². The third-order valence-electron chi connectivity index (χ3n) is 4.25. The van der Waals surface area contributed by atoms with Crippen molar-refractivity contribution in [2.24, 2.45) is 10.2 Å². The van der Waals surface area contributed by atoms with E-state index in [1.54, 1.807) is 4.57 Å². The highest BCUT2D eigenvalue weighted by atomic mass is 79.9. The monoisotopic (exact) mass is 487 g/mol. The SMILES string of the molecule is CN(C)Cn1c(O)c(N=NC(=O)CSc2nc3ccccc3o2)c2cc(Br)ccc21. The molecule has 0 radical (unpaired) electrons. The maximum Gasteiger partial charge on any atom is 0.275 e. The molecule has 0 bridgehead atoms.